The second-order valence-electron chi connectivity index (χ2n) is 6.78. The number of nitrogens with zero attached hydrogens (tertiary/aromatic N) is 1. The lowest BCUT2D eigenvalue weighted by atomic mass is 10.1. The summed E-state index contributed by atoms with van der Waals surface area (Å²) in [5, 5.41) is 2.71. The molecule has 1 N–H and O–H groups in total. The highest BCUT2D eigenvalue weighted by Crippen LogP contribution is 2.19. The van der Waals surface area contributed by atoms with Crippen LogP contribution in [0.3, 0.4) is 0 Å². The molecule has 0 radical (unpaired) electrons. The van der Waals surface area contributed by atoms with E-state index < -0.39 is 12.0 Å². The van der Waals surface area contributed by atoms with Gasteiger partial charge in [0.05, 0.1) is 19.1 Å². The van der Waals surface area contributed by atoms with E-state index in [1.807, 2.05) is 20.8 Å². The largest absolute Gasteiger partial charge is 0.491 e. The van der Waals surface area contributed by atoms with Gasteiger partial charge in [0.25, 0.3) is 5.91 Å². The first kappa shape index (κ1) is 20.7. The Hall–Kier alpha value is -2.57. The van der Waals surface area contributed by atoms with E-state index in [1.54, 1.807) is 24.3 Å². The van der Waals surface area contributed by atoms with Crippen LogP contribution in [0.5, 0.6) is 5.75 Å². The van der Waals surface area contributed by atoms with Crippen LogP contribution in [0, 0.1) is 0 Å². The zero-order chi connectivity index (χ0) is 19.8. The Bertz CT molecular complexity index is 674. The SMILES string of the molecule is CCCCOC(=O)CC1C(=O)NCCN1C(=O)c1cccc(OC(C)C)c1. The third-order valence-corrected chi connectivity index (χ3v) is 4.17. The summed E-state index contributed by atoms with van der Waals surface area (Å²) in [6, 6.07) is 5.99. The maximum Gasteiger partial charge on any atom is 0.308 e. The second-order valence-corrected chi connectivity index (χ2v) is 6.78. The molecule has 0 aromatic heterocycles. The molecule has 2 rings (SSSR count). The Kier molecular flexibility index (Phi) is 7.64. The summed E-state index contributed by atoms with van der Waals surface area (Å²) in [5.74, 6) is -0.518. The number of benzene rings is 1. The Morgan fingerprint density at radius 2 is 2.11 bits per heavy atom. The van der Waals surface area contributed by atoms with Crippen LogP contribution in [0.2, 0.25) is 0 Å². The summed E-state index contributed by atoms with van der Waals surface area (Å²) < 4.78 is 10.8. The van der Waals surface area contributed by atoms with Crippen molar-refractivity contribution in [2.75, 3.05) is 19.7 Å². The lowest BCUT2D eigenvalue weighted by Gasteiger charge is -2.34. The normalized spacial score (nSPS) is 16.8. The minimum atomic E-state index is -0.866. The number of esters is 1. The third kappa shape index (κ3) is 5.98. The first-order chi connectivity index (χ1) is 12.9. The lowest BCUT2D eigenvalue weighted by molar-refractivity contribution is -0.147. The average molecular weight is 376 g/mol. The Labute approximate surface area is 160 Å². The second kappa shape index (κ2) is 9.94. The number of hydrogen-bond donors (Lipinski definition) is 1. The number of unbranched alkanes of at least 4 members (excludes halogenated alkanes) is 1. The predicted molar refractivity (Wildman–Crippen MR) is 101 cm³/mol. The van der Waals surface area contributed by atoms with Crippen LogP contribution >= 0.6 is 0 Å². The van der Waals surface area contributed by atoms with Crippen molar-refractivity contribution in [2.24, 2.45) is 0 Å². The van der Waals surface area contributed by atoms with Gasteiger partial charge in [0, 0.05) is 18.7 Å². The summed E-state index contributed by atoms with van der Waals surface area (Å²) >= 11 is 0. The minimum absolute atomic E-state index is 0.0123. The fourth-order valence-electron chi connectivity index (χ4n) is 2.85. The Morgan fingerprint density at radius 3 is 2.81 bits per heavy atom. The van der Waals surface area contributed by atoms with E-state index in [2.05, 4.69) is 5.32 Å². The molecular formula is C20H28N2O5. The number of carbonyl (C=O) groups excluding carboxylic acids is 3. The molecule has 1 unspecified atom stereocenters. The number of amides is 2. The summed E-state index contributed by atoms with van der Waals surface area (Å²) in [6.07, 6.45) is 1.52. The summed E-state index contributed by atoms with van der Waals surface area (Å²) in [7, 11) is 0. The van der Waals surface area contributed by atoms with Gasteiger partial charge in [-0.25, -0.2) is 0 Å². The Balaban J connectivity index is 2.11. The van der Waals surface area contributed by atoms with Crippen LogP contribution in [0.4, 0.5) is 0 Å². The van der Waals surface area contributed by atoms with E-state index >= 15 is 0 Å². The van der Waals surface area contributed by atoms with Crippen LogP contribution < -0.4 is 10.1 Å². The zero-order valence-corrected chi connectivity index (χ0v) is 16.2. The molecule has 1 aromatic rings. The van der Waals surface area contributed by atoms with Gasteiger partial charge in [-0.1, -0.05) is 19.4 Å². The van der Waals surface area contributed by atoms with Gasteiger partial charge in [-0.05, 0) is 38.5 Å². The molecule has 7 heteroatoms. The number of piperazine rings is 1. The van der Waals surface area contributed by atoms with Crippen molar-refractivity contribution in [2.45, 2.75) is 52.2 Å². The molecule has 7 nitrogen and oxygen atoms in total. The van der Waals surface area contributed by atoms with Crippen molar-refractivity contribution in [1.29, 1.82) is 0 Å². The van der Waals surface area contributed by atoms with Crippen molar-refractivity contribution >= 4 is 17.8 Å². The van der Waals surface area contributed by atoms with Crippen LogP contribution in [-0.2, 0) is 14.3 Å². The number of carbonyl (C=O) groups is 3. The molecule has 0 aliphatic carbocycles. The van der Waals surface area contributed by atoms with E-state index in [0.29, 0.717) is 31.0 Å². The number of hydrogen-bond acceptors (Lipinski definition) is 5. The van der Waals surface area contributed by atoms with E-state index in [-0.39, 0.29) is 24.3 Å². The monoisotopic (exact) mass is 376 g/mol. The van der Waals surface area contributed by atoms with Crippen molar-refractivity contribution in [1.82, 2.24) is 10.2 Å². The highest BCUT2D eigenvalue weighted by Gasteiger charge is 2.35. The van der Waals surface area contributed by atoms with Gasteiger partial charge in [0.2, 0.25) is 5.91 Å². The molecule has 1 fully saturated rings. The molecule has 1 aliphatic rings. The van der Waals surface area contributed by atoms with E-state index in [0.717, 1.165) is 12.8 Å². The molecule has 0 saturated carbocycles. The highest BCUT2D eigenvalue weighted by molar-refractivity contribution is 5.99. The number of nitrogens with one attached hydrogen (secondary N) is 1. The van der Waals surface area contributed by atoms with Gasteiger partial charge in [-0.2, -0.15) is 0 Å². The van der Waals surface area contributed by atoms with Crippen molar-refractivity contribution < 1.29 is 23.9 Å². The van der Waals surface area contributed by atoms with Crippen molar-refractivity contribution in [3.63, 3.8) is 0 Å². The fraction of sp³-hybridized carbons (Fsp3) is 0.550. The zero-order valence-electron chi connectivity index (χ0n) is 16.2. The van der Waals surface area contributed by atoms with Crippen molar-refractivity contribution in [3.8, 4) is 5.75 Å². The topological polar surface area (TPSA) is 84.9 Å². The molecule has 0 spiro atoms. The molecule has 1 atom stereocenters. The molecule has 27 heavy (non-hydrogen) atoms. The molecule has 1 saturated heterocycles. The van der Waals surface area contributed by atoms with E-state index in [4.69, 9.17) is 9.47 Å². The van der Waals surface area contributed by atoms with Crippen LogP contribution in [-0.4, -0.2) is 54.5 Å². The van der Waals surface area contributed by atoms with Crippen LogP contribution in [0.25, 0.3) is 0 Å². The predicted octanol–water partition coefficient (Wildman–Crippen LogP) is 2.15. The van der Waals surface area contributed by atoms with Gasteiger partial charge in [-0.3, -0.25) is 14.4 Å². The standard InChI is InChI=1S/C20H28N2O5/c1-4-5-11-26-18(23)13-17-19(24)21-9-10-22(17)20(25)15-7-6-8-16(12-15)27-14(2)3/h6-8,12,14,17H,4-5,9-11,13H2,1-3H3,(H,21,24). The van der Waals surface area contributed by atoms with Gasteiger partial charge < -0.3 is 19.7 Å². The molecule has 148 valence electrons. The average Bonchev–Trinajstić information content (AvgIpc) is 2.63. The van der Waals surface area contributed by atoms with Crippen LogP contribution in [0.15, 0.2) is 24.3 Å². The molecule has 2 amide bonds. The van der Waals surface area contributed by atoms with E-state index in [9.17, 15) is 14.4 Å². The molecular weight excluding hydrogens is 348 g/mol. The quantitative estimate of drug-likeness (QED) is 0.555. The Morgan fingerprint density at radius 1 is 1.33 bits per heavy atom. The maximum absolute atomic E-state index is 13.0. The first-order valence-electron chi connectivity index (χ1n) is 9.43. The fourth-order valence-corrected chi connectivity index (χ4v) is 2.85. The summed E-state index contributed by atoms with van der Waals surface area (Å²) in [4.78, 5) is 38.7. The molecule has 0 bridgehead atoms. The van der Waals surface area contributed by atoms with Gasteiger partial charge >= 0.3 is 5.97 Å². The third-order valence-electron chi connectivity index (χ3n) is 4.17. The van der Waals surface area contributed by atoms with E-state index in [1.165, 1.54) is 4.90 Å². The summed E-state index contributed by atoms with van der Waals surface area (Å²) in [6.45, 7) is 6.83. The minimum Gasteiger partial charge on any atom is -0.491 e. The van der Waals surface area contributed by atoms with Crippen LogP contribution in [0.1, 0.15) is 50.4 Å². The van der Waals surface area contributed by atoms with Crippen molar-refractivity contribution in [3.05, 3.63) is 29.8 Å². The van der Waals surface area contributed by atoms with Gasteiger partial charge in [-0.15, -0.1) is 0 Å². The number of ether oxygens (including phenoxy) is 2. The maximum atomic E-state index is 13.0. The first-order valence-corrected chi connectivity index (χ1v) is 9.43. The van der Waals surface area contributed by atoms with Gasteiger partial charge in [0.15, 0.2) is 0 Å². The lowest BCUT2D eigenvalue weighted by Crippen LogP contribution is -2.57. The smallest absolute Gasteiger partial charge is 0.308 e. The molecule has 1 aromatic carbocycles. The highest BCUT2D eigenvalue weighted by atomic mass is 16.5. The summed E-state index contributed by atoms with van der Waals surface area (Å²) in [5.41, 5.74) is 0.423. The molecule has 1 heterocycles. The van der Waals surface area contributed by atoms with Gasteiger partial charge in [0.1, 0.15) is 11.8 Å². The number of rotatable bonds is 8. The molecule has 1 aliphatic heterocycles.